The first-order valence-electron chi connectivity index (χ1n) is 5.71. The Balaban J connectivity index is 2.07. The summed E-state index contributed by atoms with van der Waals surface area (Å²) in [4.78, 5) is 11.8. The zero-order valence-corrected chi connectivity index (χ0v) is 11.3. The van der Waals surface area contributed by atoms with Gasteiger partial charge < -0.3 is 5.32 Å². The van der Waals surface area contributed by atoms with E-state index in [1.54, 1.807) is 4.68 Å². The molecule has 0 saturated carbocycles. The lowest BCUT2D eigenvalue weighted by atomic mass is 10.3. The van der Waals surface area contributed by atoms with Gasteiger partial charge in [0.05, 0.1) is 11.4 Å². The van der Waals surface area contributed by atoms with E-state index < -0.39 is 5.82 Å². The molecule has 0 radical (unpaired) electrons. The average Bonchev–Trinajstić information content (AvgIpc) is 2.61. The molecule has 2 aromatic rings. The van der Waals surface area contributed by atoms with Crippen molar-refractivity contribution in [2.24, 2.45) is 0 Å². The molecule has 0 atom stereocenters. The predicted molar refractivity (Wildman–Crippen MR) is 71.7 cm³/mol. The van der Waals surface area contributed by atoms with E-state index in [9.17, 15) is 9.18 Å². The summed E-state index contributed by atoms with van der Waals surface area (Å²) in [6.45, 7) is 3.75. The van der Waals surface area contributed by atoms with Crippen LogP contribution in [-0.4, -0.2) is 15.7 Å². The second-order valence-electron chi connectivity index (χ2n) is 4.26. The maximum atomic E-state index is 13.5. The molecular formula is C13H13ClFN3O. The van der Waals surface area contributed by atoms with Gasteiger partial charge in [-0.15, -0.1) is 0 Å². The number of carbonyl (C=O) groups is 1. The van der Waals surface area contributed by atoms with Crippen molar-refractivity contribution < 1.29 is 9.18 Å². The third kappa shape index (κ3) is 3.32. The van der Waals surface area contributed by atoms with E-state index in [-0.39, 0.29) is 23.2 Å². The van der Waals surface area contributed by atoms with Crippen LogP contribution in [0.3, 0.4) is 0 Å². The molecule has 0 bridgehead atoms. The Bertz CT molecular complexity index is 624. The maximum absolute atomic E-state index is 13.5. The maximum Gasteiger partial charge on any atom is 0.246 e. The van der Waals surface area contributed by atoms with Crippen LogP contribution in [0, 0.1) is 19.7 Å². The van der Waals surface area contributed by atoms with Crippen molar-refractivity contribution >= 4 is 23.2 Å². The average molecular weight is 282 g/mol. The minimum Gasteiger partial charge on any atom is -0.322 e. The van der Waals surface area contributed by atoms with Crippen molar-refractivity contribution in [2.45, 2.75) is 20.4 Å². The van der Waals surface area contributed by atoms with Gasteiger partial charge in [0.25, 0.3) is 0 Å². The molecule has 2 rings (SSSR count). The summed E-state index contributed by atoms with van der Waals surface area (Å²) in [6.07, 6.45) is 0. The summed E-state index contributed by atoms with van der Waals surface area (Å²) >= 11 is 5.64. The molecule has 0 unspecified atom stereocenters. The number of nitrogens with zero attached hydrogens (tertiary/aromatic N) is 2. The number of halogens is 2. The van der Waals surface area contributed by atoms with E-state index in [0.29, 0.717) is 0 Å². The number of hydrogen-bond donors (Lipinski definition) is 1. The Morgan fingerprint density at radius 1 is 1.42 bits per heavy atom. The zero-order valence-electron chi connectivity index (χ0n) is 10.6. The molecule has 1 N–H and O–H groups in total. The Kier molecular flexibility index (Phi) is 3.85. The number of aryl methyl sites for hydroxylation is 2. The third-order valence-electron chi connectivity index (χ3n) is 2.60. The Morgan fingerprint density at radius 3 is 2.74 bits per heavy atom. The summed E-state index contributed by atoms with van der Waals surface area (Å²) in [5.74, 6) is -0.901. The van der Waals surface area contributed by atoms with Crippen LogP contribution in [0.1, 0.15) is 11.4 Å². The van der Waals surface area contributed by atoms with Crippen molar-refractivity contribution in [1.82, 2.24) is 9.78 Å². The van der Waals surface area contributed by atoms with Crippen LogP contribution >= 0.6 is 11.6 Å². The molecule has 0 fully saturated rings. The molecule has 1 aromatic heterocycles. The van der Waals surface area contributed by atoms with Gasteiger partial charge in [-0.3, -0.25) is 9.48 Å². The smallest absolute Gasteiger partial charge is 0.246 e. The highest BCUT2D eigenvalue weighted by Gasteiger charge is 2.10. The zero-order chi connectivity index (χ0) is 14.0. The molecule has 1 aromatic carbocycles. The Hall–Kier alpha value is -1.88. The van der Waals surface area contributed by atoms with Crippen LogP contribution in [0.4, 0.5) is 10.1 Å². The summed E-state index contributed by atoms with van der Waals surface area (Å²) in [7, 11) is 0. The summed E-state index contributed by atoms with van der Waals surface area (Å²) < 4.78 is 15.1. The summed E-state index contributed by atoms with van der Waals surface area (Å²) in [5.41, 5.74) is 1.82. The molecule has 1 amide bonds. The van der Waals surface area contributed by atoms with Gasteiger partial charge in [-0.25, -0.2) is 4.39 Å². The molecule has 0 aliphatic rings. The highest BCUT2D eigenvalue weighted by Crippen LogP contribution is 2.18. The number of rotatable bonds is 3. The first-order chi connectivity index (χ1) is 8.95. The predicted octanol–water partition coefficient (Wildman–Crippen LogP) is 2.93. The van der Waals surface area contributed by atoms with Crippen LogP contribution in [0.25, 0.3) is 0 Å². The van der Waals surface area contributed by atoms with Crippen molar-refractivity contribution in [3.63, 3.8) is 0 Å². The van der Waals surface area contributed by atoms with Crippen LogP contribution in [0.15, 0.2) is 24.3 Å². The second-order valence-corrected chi connectivity index (χ2v) is 4.69. The van der Waals surface area contributed by atoms with Gasteiger partial charge in [0.15, 0.2) is 0 Å². The van der Waals surface area contributed by atoms with Crippen LogP contribution < -0.4 is 5.32 Å². The fourth-order valence-corrected chi connectivity index (χ4v) is 1.91. The molecule has 1 heterocycles. The van der Waals surface area contributed by atoms with E-state index in [4.69, 9.17) is 11.6 Å². The topological polar surface area (TPSA) is 46.9 Å². The lowest BCUT2D eigenvalue weighted by Crippen LogP contribution is -2.20. The number of anilines is 1. The minimum absolute atomic E-state index is 0.0434. The summed E-state index contributed by atoms with van der Waals surface area (Å²) in [5, 5.41) is 6.94. The van der Waals surface area contributed by atoms with Gasteiger partial charge in [0, 0.05) is 10.7 Å². The van der Waals surface area contributed by atoms with Crippen molar-refractivity contribution in [3.8, 4) is 0 Å². The van der Waals surface area contributed by atoms with Gasteiger partial charge in [0.2, 0.25) is 5.91 Å². The molecule has 100 valence electrons. The second kappa shape index (κ2) is 5.40. The lowest BCUT2D eigenvalue weighted by molar-refractivity contribution is -0.117. The largest absolute Gasteiger partial charge is 0.322 e. The number of benzene rings is 1. The fraction of sp³-hybridized carbons (Fsp3) is 0.231. The molecule has 0 saturated heterocycles. The van der Waals surface area contributed by atoms with Gasteiger partial charge in [0.1, 0.15) is 12.4 Å². The molecule has 0 spiro atoms. The fourth-order valence-electron chi connectivity index (χ4n) is 1.75. The van der Waals surface area contributed by atoms with E-state index in [1.807, 2.05) is 19.9 Å². The number of amides is 1. The van der Waals surface area contributed by atoms with Crippen molar-refractivity contribution in [1.29, 1.82) is 0 Å². The Morgan fingerprint density at radius 2 is 2.16 bits per heavy atom. The van der Waals surface area contributed by atoms with Gasteiger partial charge in [-0.05, 0) is 38.1 Å². The molecule has 6 heteroatoms. The molecule has 0 aliphatic heterocycles. The highest BCUT2D eigenvalue weighted by molar-refractivity contribution is 6.30. The monoisotopic (exact) mass is 281 g/mol. The van der Waals surface area contributed by atoms with Gasteiger partial charge in [-0.1, -0.05) is 11.6 Å². The lowest BCUT2D eigenvalue weighted by Gasteiger charge is -2.07. The van der Waals surface area contributed by atoms with Crippen LogP contribution in [0.2, 0.25) is 5.02 Å². The molecule has 0 aliphatic carbocycles. The first-order valence-corrected chi connectivity index (χ1v) is 6.09. The quantitative estimate of drug-likeness (QED) is 0.940. The van der Waals surface area contributed by atoms with Crippen LogP contribution in [-0.2, 0) is 11.3 Å². The Labute approximate surface area is 115 Å². The SMILES string of the molecule is Cc1cc(C)n(CC(=O)Nc2ccc(Cl)cc2F)n1. The number of nitrogens with one attached hydrogen (secondary N) is 1. The highest BCUT2D eigenvalue weighted by atomic mass is 35.5. The number of carbonyl (C=O) groups excluding carboxylic acids is 1. The van der Waals surface area contributed by atoms with E-state index in [0.717, 1.165) is 17.5 Å². The minimum atomic E-state index is -0.561. The standard InChI is InChI=1S/C13H13ClFN3O/c1-8-5-9(2)18(17-8)7-13(19)16-12-4-3-10(14)6-11(12)15/h3-6H,7H2,1-2H3,(H,16,19). The number of aromatic nitrogens is 2. The van der Waals surface area contributed by atoms with Gasteiger partial charge in [-0.2, -0.15) is 5.10 Å². The van der Waals surface area contributed by atoms with E-state index in [2.05, 4.69) is 10.4 Å². The normalized spacial score (nSPS) is 10.5. The third-order valence-corrected chi connectivity index (χ3v) is 2.84. The number of hydrogen-bond acceptors (Lipinski definition) is 2. The van der Waals surface area contributed by atoms with Crippen molar-refractivity contribution in [3.05, 3.63) is 46.5 Å². The molecule has 19 heavy (non-hydrogen) atoms. The van der Waals surface area contributed by atoms with E-state index >= 15 is 0 Å². The first kappa shape index (κ1) is 13.5. The molecule has 4 nitrogen and oxygen atoms in total. The summed E-state index contributed by atoms with van der Waals surface area (Å²) in [6, 6.07) is 5.97. The van der Waals surface area contributed by atoms with Crippen molar-refractivity contribution in [2.75, 3.05) is 5.32 Å². The molecular weight excluding hydrogens is 269 g/mol. The van der Waals surface area contributed by atoms with Crippen LogP contribution in [0.5, 0.6) is 0 Å². The van der Waals surface area contributed by atoms with Gasteiger partial charge >= 0.3 is 0 Å². The van der Waals surface area contributed by atoms with E-state index in [1.165, 1.54) is 12.1 Å².